The van der Waals surface area contributed by atoms with Crippen molar-refractivity contribution in [3.05, 3.63) is 30.3 Å². The van der Waals surface area contributed by atoms with Gasteiger partial charge in [-0.1, -0.05) is 23.4 Å². The number of hydrogen-bond donors (Lipinski definition) is 1. The zero-order valence-electron chi connectivity index (χ0n) is 9.59. The number of ether oxygens (including phenoxy) is 1. The Bertz CT molecular complexity index is 320. The number of aliphatic hydroxyl groups excluding tert-OH is 1. The van der Waals surface area contributed by atoms with Crippen LogP contribution in [0.5, 0.6) is 5.75 Å². The van der Waals surface area contributed by atoms with Crippen LogP contribution in [0.4, 0.5) is 0 Å². The van der Waals surface area contributed by atoms with E-state index in [0.717, 1.165) is 11.5 Å². The van der Waals surface area contributed by atoms with Gasteiger partial charge in [0.1, 0.15) is 25.1 Å². The third kappa shape index (κ3) is 5.36. The van der Waals surface area contributed by atoms with Crippen molar-refractivity contribution in [2.24, 2.45) is 5.16 Å². The quantitative estimate of drug-likeness (QED) is 0.591. The maximum atomic E-state index is 9.50. The number of benzene rings is 1. The fraction of sp³-hybridized carbons (Fsp3) is 0.417. The van der Waals surface area contributed by atoms with Crippen LogP contribution in [-0.4, -0.2) is 30.1 Å². The van der Waals surface area contributed by atoms with Gasteiger partial charge < -0.3 is 14.7 Å². The molecule has 0 aromatic heterocycles. The molecule has 16 heavy (non-hydrogen) atoms. The summed E-state index contributed by atoms with van der Waals surface area (Å²) in [6.45, 7) is 3.99. The Kier molecular flexibility index (Phi) is 5.36. The number of para-hydroxylation sites is 1. The Balaban J connectivity index is 2.20. The summed E-state index contributed by atoms with van der Waals surface area (Å²) >= 11 is 0. The second-order valence-electron chi connectivity index (χ2n) is 3.61. The molecule has 0 aliphatic heterocycles. The van der Waals surface area contributed by atoms with Gasteiger partial charge in [0.2, 0.25) is 0 Å². The first-order valence-electron chi connectivity index (χ1n) is 5.17. The van der Waals surface area contributed by atoms with Gasteiger partial charge in [0.25, 0.3) is 0 Å². The normalized spacial score (nSPS) is 11.7. The van der Waals surface area contributed by atoms with Crippen molar-refractivity contribution in [1.82, 2.24) is 0 Å². The summed E-state index contributed by atoms with van der Waals surface area (Å²) < 4.78 is 5.35. The monoisotopic (exact) mass is 223 g/mol. The lowest BCUT2D eigenvalue weighted by atomic mass is 10.3. The summed E-state index contributed by atoms with van der Waals surface area (Å²) in [5.41, 5.74) is 0.816. The lowest BCUT2D eigenvalue weighted by Gasteiger charge is -2.11. The van der Waals surface area contributed by atoms with E-state index >= 15 is 0 Å². The number of nitrogens with zero attached hydrogens (tertiary/aromatic N) is 1. The molecule has 0 bridgehead atoms. The largest absolute Gasteiger partial charge is 0.491 e. The van der Waals surface area contributed by atoms with Crippen molar-refractivity contribution in [3.63, 3.8) is 0 Å². The van der Waals surface area contributed by atoms with Gasteiger partial charge >= 0.3 is 0 Å². The number of rotatable bonds is 6. The zero-order valence-corrected chi connectivity index (χ0v) is 9.59. The van der Waals surface area contributed by atoms with Crippen LogP contribution in [0.3, 0.4) is 0 Å². The first kappa shape index (κ1) is 12.5. The Morgan fingerprint density at radius 3 is 2.56 bits per heavy atom. The fourth-order valence-corrected chi connectivity index (χ4v) is 1.01. The molecular formula is C12H17NO3. The van der Waals surface area contributed by atoms with Crippen molar-refractivity contribution in [3.8, 4) is 5.75 Å². The molecule has 0 unspecified atom stereocenters. The summed E-state index contributed by atoms with van der Waals surface area (Å²) in [7, 11) is 0. The Labute approximate surface area is 95.5 Å². The maximum Gasteiger partial charge on any atom is 0.146 e. The number of hydrogen-bond acceptors (Lipinski definition) is 4. The van der Waals surface area contributed by atoms with Crippen molar-refractivity contribution in [2.75, 3.05) is 13.2 Å². The van der Waals surface area contributed by atoms with Gasteiger partial charge in [0.05, 0.1) is 5.71 Å². The van der Waals surface area contributed by atoms with Gasteiger partial charge in [-0.25, -0.2) is 0 Å². The van der Waals surface area contributed by atoms with Crippen LogP contribution in [-0.2, 0) is 4.84 Å². The van der Waals surface area contributed by atoms with Gasteiger partial charge in [-0.3, -0.25) is 0 Å². The molecule has 1 aromatic carbocycles. The van der Waals surface area contributed by atoms with E-state index in [1.165, 1.54) is 0 Å². The highest BCUT2D eigenvalue weighted by Gasteiger charge is 2.05. The van der Waals surface area contributed by atoms with Crippen molar-refractivity contribution >= 4 is 5.71 Å². The molecule has 4 nitrogen and oxygen atoms in total. The van der Waals surface area contributed by atoms with Crippen molar-refractivity contribution in [2.45, 2.75) is 20.0 Å². The molecule has 0 saturated carbocycles. The second kappa shape index (κ2) is 6.85. The molecule has 1 aromatic rings. The zero-order chi connectivity index (χ0) is 11.8. The predicted octanol–water partition coefficient (Wildman–Crippen LogP) is 1.84. The summed E-state index contributed by atoms with van der Waals surface area (Å²) in [5, 5.41) is 13.2. The van der Waals surface area contributed by atoms with E-state index in [2.05, 4.69) is 5.16 Å². The molecule has 88 valence electrons. The topological polar surface area (TPSA) is 51.0 Å². The standard InChI is InChI=1S/C12H17NO3/c1-10(2)13-16-9-11(14)8-15-12-6-4-3-5-7-12/h3-7,11,14H,8-9H2,1-2H3/t11-/m1/s1. The van der Waals surface area contributed by atoms with Gasteiger partial charge in [0.15, 0.2) is 0 Å². The van der Waals surface area contributed by atoms with E-state index in [1.54, 1.807) is 0 Å². The van der Waals surface area contributed by atoms with Gasteiger partial charge in [-0.15, -0.1) is 0 Å². The van der Waals surface area contributed by atoms with Gasteiger partial charge in [0, 0.05) is 0 Å². The van der Waals surface area contributed by atoms with Gasteiger partial charge in [-0.05, 0) is 26.0 Å². The van der Waals surface area contributed by atoms with Gasteiger partial charge in [-0.2, -0.15) is 0 Å². The van der Waals surface area contributed by atoms with E-state index in [-0.39, 0.29) is 13.2 Å². The van der Waals surface area contributed by atoms with E-state index in [4.69, 9.17) is 9.57 Å². The fourth-order valence-electron chi connectivity index (χ4n) is 1.01. The first-order valence-corrected chi connectivity index (χ1v) is 5.17. The first-order chi connectivity index (χ1) is 7.68. The third-order valence-corrected chi connectivity index (χ3v) is 1.70. The molecule has 4 heteroatoms. The number of oxime groups is 1. The molecule has 1 atom stereocenters. The van der Waals surface area contributed by atoms with E-state index in [9.17, 15) is 5.11 Å². The van der Waals surface area contributed by atoms with Crippen molar-refractivity contribution < 1.29 is 14.7 Å². The summed E-state index contributed by atoms with van der Waals surface area (Å²) in [6.07, 6.45) is -0.677. The highest BCUT2D eigenvalue weighted by atomic mass is 16.6. The molecule has 0 amide bonds. The minimum atomic E-state index is -0.677. The molecule has 0 heterocycles. The molecule has 0 saturated heterocycles. The number of aliphatic hydroxyl groups is 1. The predicted molar refractivity (Wildman–Crippen MR) is 62.7 cm³/mol. The molecule has 0 aliphatic carbocycles. The minimum absolute atomic E-state index is 0.137. The van der Waals surface area contributed by atoms with Crippen LogP contribution in [0.25, 0.3) is 0 Å². The molecule has 1 N–H and O–H groups in total. The van der Waals surface area contributed by atoms with E-state index in [1.807, 2.05) is 44.2 Å². The minimum Gasteiger partial charge on any atom is -0.491 e. The molecule has 0 radical (unpaired) electrons. The lowest BCUT2D eigenvalue weighted by Crippen LogP contribution is -2.22. The molecular weight excluding hydrogens is 206 g/mol. The molecule has 0 spiro atoms. The summed E-state index contributed by atoms with van der Waals surface area (Å²) in [5.74, 6) is 0.733. The SMILES string of the molecule is CC(C)=NOC[C@H](O)COc1ccccc1. The Morgan fingerprint density at radius 2 is 1.94 bits per heavy atom. The highest BCUT2D eigenvalue weighted by molar-refractivity contribution is 5.78. The average Bonchev–Trinajstić information content (AvgIpc) is 2.27. The average molecular weight is 223 g/mol. The second-order valence-corrected chi connectivity index (χ2v) is 3.61. The molecule has 0 fully saturated rings. The molecule has 0 aliphatic rings. The van der Waals surface area contributed by atoms with Crippen LogP contribution in [0, 0.1) is 0 Å². The smallest absolute Gasteiger partial charge is 0.146 e. The van der Waals surface area contributed by atoms with Crippen LogP contribution >= 0.6 is 0 Å². The lowest BCUT2D eigenvalue weighted by molar-refractivity contribution is 0.0142. The van der Waals surface area contributed by atoms with E-state index in [0.29, 0.717) is 0 Å². The molecule has 1 rings (SSSR count). The highest BCUT2D eigenvalue weighted by Crippen LogP contribution is 2.08. The summed E-state index contributed by atoms with van der Waals surface area (Å²) in [4.78, 5) is 4.90. The van der Waals surface area contributed by atoms with Crippen LogP contribution in [0.2, 0.25) is 0 Å². The van der Waals surface area contributed by atoms with Crippen LogP contribution in [0.1, 0.15) is 13.8 Å². The van der Waals surface area contributed by atoms with Crippen LogP contribution < -0.4 is 4.74 Å². The third-order valence-electron chi connectivity index (χ3n) is 1.70. The summed E-state index contributed by atoms with van der Waals surface area (Å²) in [6, 6.07) is 9.33. The Hall–Kier alpha value is -1.55. The van der Waals surface area contributed by atoms with Crippen molar-refractivity contribution in [1.29, 1.82) is 0 Å². The Morgan fingerprint density at radius 1 is 1.25 bits per heavy atom. The van der Waals surface area contributed by atoms with E-state index < -0.39 is 6.10 Å². The maximum absolute atomic E-state index is 9.50. The van der Waals surface area contributed by atoms with Crippen LogP contribution in [0.15, 0.2) is 35.5 Å².